The topological polar surface area (TPSA) is 126 Å². The van der Waals surface area contributed by atoms with Gasteiger partial charge in [0.05, 0.1) is 18.5 Å². The smallest absolute Gasteiger partial charge is 0.254 e. The summed E-state index contributed by atoms with van der Waals surface area (Å²) in [4.78, 5) is 23.4. The maximum atomic E-state index is 11.8. The lowest BCUT2D eigenvalue weighted by Gasteiger charge is -2.12. The molecular formula is C18H20N6O2. The molecule has 2 amide bonds. The van der Waals surface area contributed by atoms with Crippen molar-refractivity contribution in [2.45, 2.75) is 25.3 Å². The lowest BCUT2D eigenvalue weighted by atomic mass is 10.1. The summed E-state index contributed by atoms with van der Waals surface area (Å²) in [5.41, 5.74) is 6.95. The molecule has 1 unspecified atom stereocenters. The molecule has 0 spiro atoms. The number of hydrogen-bond acceptors (Lipinski definition) is 5. The fraction of sp³-hybridized carbons (Fsp3) is 0.333. The molecule has 1 aromatic heterocycles. The minimum atomic E-state index is -0.591. The number of aromatic nitrogens is 2. The molecule has 1 fully saturated rings. The van der Waals surface area contributed by atoms with Crippen LogP contribution in [0.3, 0.4) is 0 Å². The van der Waals surface area contributed by atoms with Gasteiger partial charge in [-0.2, -0.15) is 10.4 Å². The van der Waals surface area contributed by atoms with Gasteiger partial charge in [-0.15, -0.1) is 0 Å². The van der Waals surface area contributed by atoms with Crippen molar-refractivity contribution >= 4 is 23.3 Å². The minimum absolute atomic E-state index is 0.0516. The summed E-state index contributed by atoms with van der Waals surface area (Å²) in [5, 5.41) is 19.1. The number of nitriles is 1. The van der Waals surface area contributed by atoms with E-state index in [0.29, 0.717) is 29.4 Å². The standard InChI is InChI=1S/C18H20N6O2/c1-21-18(26)12-4-6-13(7-5-12)22-17-14(16(20)25)10-24(23-17)15(8-9-19)11-2-3-11/h4-7,10-11,15H,2-3,8H2,1H3,(H2,20,25)(H,21,26)(H,22,23). The van der Waals surface area contributed by atoms with Gasteiger partial charge < -0.3 is 16.4 Å². The Bertz CT molecular complexity index is 861. The van der Waals surface area contributed by atoms with E-state index in [1.54, 1.807) is 42.2 Å². The number of carbonyl (C=O) groups is 2. The Hall–Kier alpha value is -3.34. The summed E-state index contributed by atoms with van der Waals surface area (Å²) < 4.78 is 1.67. The van der Waals surface area contributed by atoms with Crippen molar-refractivity contribution in [3.8, 4) is 6.07 Å². The van der Waals surface area contributed by atoms with Crippen LogP contribution < -0.4 is 16.4 Å². The van der Waals surface area contributed by atoms with E-state index in [1.807, 2.05) is 0 Å². The highest BCUT2D eigenvalue weighted by molar-refractivity contribution is 5.98. The molecule has 1 saturated carbocycles. The quantitative estimate of drug-likeness (QED) is 0.702. The monoisotopic (exact) mass is 352 g/mol. The van der Waals surface area contributed by atoms with Crippen LogP contribution in [-0.4, -0.2) is 28.6 Å². The number of hydrogen-bond donors (Lipinski definition) is 3. The zero-order chi connectivity index (χ0) is 18.7. The Morgan fingerprint density at radius 1 is 1.38 bits per heavy atom. The molecule has 0 saturated heterocycles. The third-order valence-electron chi connectivity index (χ3n) is 4.44. The van der Waals surface area contributed by atoms with Gasteiger partial charge in [-0.1, -0.05) is 0 Å². The van der Waals surface area contributed by atoms with Crippen LogP contribution in [0.15, 0.2) is 30.5 Å². The Morgan fingerprint density at radius 3 is 2.62 bits per heavy atom. The summed E-state index contributed by atoms with van der Waals surface area (Å²) >= 11 is 0. The average molecular weight is 352 g/mol. The number of nitrogens with zero attached hydrogens (tertiary/aromatic N) is 3. The number of nitrogens with two attached hydrogens (primary N) is 1. The zero-order valence-electron chi connectivity index (χ0n) is 14.4. The fourth-order valence-corrected chi connectivity index (χ4v) is 2.87. The molecule has 1 aliphatic rings. The summed E-state index contributed by atoms with van der Waals surface area (Å²) in [7, 11) is 1.57. The molecular weight excluding hydrogens is 332 g/mol. The number of anilines is 2. The molecule has 134 valence electrons. The first-order valence-corrected chi connectivity index (χ1v) is 8.38. The first kappa shape index (κ1) is 17.5. The fourth-order valence-electron chi connectivity index (χ4n) is 2.87. The van der Waals surface area contributed by atoms with Gasteiger partial charge in [-0.05, 0) is 43.0 Å². The lowest BCUT2D eigenvalue weighted by Crippen LogP contribution is -2.17. The second-order valence-electron chi connectivity index (χ2n) is 6.28. The maximum Gasteiger partial charge on any atom is 0.254 e. The average Bonchev–Trinajstić information content (AvgIpc) is 3.39. The Labute approximate surface area is 151 Å². The predicted octanol–water partition coefficient (Wildman–Crippen LogP) is 1.95. The molecule has 3 rings (SSSR count). The van der Waals surface area contributed by atoms with Gasteiger partial charge in [0.15, 0.2) is 5.82 Å². The second-order valence-corrected chi connectivity index (χ2v) is 6.28. The van der Waals surface area contributed by atoms with Gasteiger partial charge >= 0.3 is 0 Å². The SMILES string of the molecule is CNC(=O)c1ccc(Nc2nn(C(CC#N)C3CC3)cc2C(N)=O)cc1. The van der Waals surface area contributed by atoms with E-state index in [1.165, 1.54) is 0 Å². The van der Waals surface area contributed by atoms with Crippen molar-refractivity contribution in [3.63, 3.8) is 0 Å². The Kier molecular flexibility index (Phi) is 4.89. The van der Waals surface area contributed by atoms with Crippen LogP contribution in [-0.2, 0) is 0 Å². The summed E-state index contributed by atoms with van der Waals surface area (Å²) in [5.74, 6) is -0.0154. The van der Waals surface area contributed by atoms with Gasteiger partial charge in [0.2, 0.25) is 0 Å². The van der Waals surface area contributed by atoms with E-state index < -0.39 is 5.91 Å². The second kappa shape index (κ2) is 7.27. The molecule has 1 aliphatic carbocycles. The Morgan fingerprint density at radius 2 is 2.08 bits per heavy atom. The normalized spacial score (nSPS) is 14.3. The van der Waals surface area contributed by atoms with Crippen LogP contribution in [0.5, 0.6) is 0 Å². The van der Waals surface area contributed by atoms with E-state index in [2.05, 4.69) is 21.8 Å². The van der Waals surface area contributed by atoms with Gasteiger partial charge in [0.1, 0.15) is 5.56 Å². The number of rotatable bonds is 7. The van der Waals surface area contributed by atoms with Crippen LogP contribution in [0.1, 0.15) is 46.0 Å². The van der Waals surface area contributed by atoms with E-state index in [0.717, 1.165) is 12.8 Å². The third-order valence-corrected chi connectivity index (χ3v) is 4.44. The number of amides is 2. The van der Waals surface area contributed by atoms with E-state index in [4.69, 9.17) is 11.0 Å². The molecule has 0 radical (unpaired) electrons. The molecule has 8 nitrogen and oxygen atoms in total. The van der Waals surface area contributed by atoms with Crippen molar-refractivity contribution in [2.75, 3.05) is 12.4 Å². The minimum Gasteiger partial charge on any atom is -0.365 e. The molecule has 1 atom stereocenters. The van der Waals surface area contributed by atoms with E-state index >= 15 is 0 Å². The highest BCUT2D eigenvalue weighted by Gasteiger charge is 2.33. The van der Waals surface area contributed by atoms with Crippen molar-refractivity contribution in [1.29, 1.82) is 5.26 Å². The number of nitrogens with one attached hydrogen (secondary N) is 2. The van der Waals surface area contributed by atoms with Gasteiger partial charge in [0, 0.05) is 24.5 Å². The first-order chi connectivity index (χ1) is 12.5. The first-order valence-electron chi connectivity index (χ1n) is 8.38. The molecule has 1 heterocycles. The number of primary amides is 1. The summed E-state index contributed by atoms with van der Waals surface area (Å²) in [6.07, 6.45) is 4.05. The summed E-state index contributed by atoms with van der Waals surface area (Å²) in [6, 6.07) is 8.92. The molecule has 0 aliphatic heterocycles. The van der Waals surface area contributed by atoms with Crippen molar-refractivity contribution in [2.24, 2.45) is 11.7 Å². The van der Waals surface area contributed by atoms with Gasteiger partial charge in [-0.25, -0.2) is 0 Å². The molecule has 0 bridgehead atoms. The third kappa shape index (κ3) is 3.67. The Balaban J connectivity index is 1.85. The largest absolute Gasteiger partial charge is 0.365 e. The molecule has 4 N–H and O–H groups in total. The van der Waals surface area contributed by atoms with Crippen molar-refractivity contribution < 1.29 is 9.59 Å². The van der Waals surface area contributed by atoms with Gasteiger partial charge in [0.25, 0.3) is 11.8 Å². The molecule has 1 aromatic carbocycles. The summed E-state index contributed by atoms with van der Waals surface area (Å²) in [6.45, 7) is 0. The zero-order valence-corrected chi connectivity index (χ0v) is 14.4. The van der Waals surface area contributed by atoms with Crippen LogP contribution in [0, 0.1) is 17.2 Å². The molecule has 26 heavy (non-hydrogen) atoms. The van der Waals surface area contributed by atoms with Crippen LogP contribution in [0.2, 0.25) is 0 Å². The lowest BCUT2D eigenvalue weighted by molar-refractivity contribution is 0.0961. The van der Waals surface area contributed by atoms with E-state index in [-0.39, 0.29) is 17.5 Å². The number of carbonyl (C=O) groups excluding carboxylic acids is 2. The predicted molar refractivity (Wildman–Crippen MR) is 95.9 cm³/mol. The van der Waals surface area contributed by atoms with E-state index in [9.17, 15) is 9.59 Å². The van der Waals surface area contributed by atoms with Crippen LogP contribution in [0.4, 0.5) is 11.5 Å². The molecule has 2 aromatic rings. The van der Waals surface area contributed by atoms with Crippen molar-refractivity contribution in [3.05, 3.63) is 41.6 Å². The highest BCUT2D eigenvalue weighted by atomic mass is 16.1. The van der Waals surface area contributed by atoms with Crippen molar-refractivity contribution in [1.82, 2.24) is 15.1 Å². The number of benzene rings is 1. The molecule has 8 heteroatoms. The van der Waals surface area contributed by atoms with Crippen LogP contribution in [0.25, 0.3) is 0 Å². The van der Waals surface area contributed by atoms with Gasteiger partial charge in [-0.3, -0.25) is 14.3 Å². The van der Waals surface area contributed by atoms with Crippen LogP contribution >= 0.6 is 0 Å². The highest BCUT2D eigenvalue weighted by Crippen LogP contribution is 2.41. The maximum absolute atomic E-state index is 11.8.